The number of carbonyl (C=O) groups is 2. The van der Waals surface area contributed by atoms with Gasteiger partial charge < -0.3 is 14.7 Å². The number of morpholine rings is 1. The Hall–Kier alpha value is -1.68. The van der Waals surface area contributed by atoms with Gasteiger partial charge in [-0.05, 0) is 16.8 Å². The van der Waals surface area contributed by atoms with Crippen LogP contribution in [0.2, 0.25) is 0 Å². The van der Waals surface area contributed by atoms with Crippen molar-refractivity contribution in [3.8, 4) is 0 Å². The Bertz CT molecular complexity index is 489. The van der Waals surface area contributed by atoms with Gasteiger partial charge >= 0.3 is 5.97 Å². The summed E-state index contributed by atoms with van der Waals surface area (Å²) >= 11 is 1.35. The quantitative estimate of drug-likeness (QED) is 0.529. The first-order valence-corrected chi connectivity index (χ1v) is 7.61. The summed E-state index contributed by atoms with van der Waals surface area (Å²) in [6, 6.07) is 0. The Labute approximate surface area is 125 Å². The molecule has 1 saturated heterocycles. The average molecular weight is 315 g/mol. The average Bonchev–Trinajstić information content (AvgIpc) is 2.91. The first kappa shape index (κ1) is 15.7. The predicted molar refractivity (Wildman–Crippen MR) is 72.8 cm³/mol. The van der Waals surface area contributed by atoms with Crippen molar-refractivity contribution in [2.24, 2.45) is 0 Å². The number of carbonyl (C=O) groups excluding carboxylic acids is 1. The van der Waals surface area contributed by atoms with E-state index in [9.17, 15) is 9.59 Å². The molecule has 21 heavy (non-hydrogen) atoms. The molecular formula is C11H17N5O4S. The first-order chi connectivity index (χ1) is 10.2. The molecule has 1 aliphatic heterocycles. The predicted octanol–water partition coefficient (Wildman–Crippen LogP) is -0.511. The number of thioether (sulfide) groups is 1. The fourth-order valence-electron chi connectivity index (χ4n) is 1.88. The van der Waals surface area contributed by atoms with Gasteiger partial charge in [-0.15, -0.1) is 5.10 Å². The third-order valence-electron chi connectivity index (χ3n) is 2.91. The molecule has 0 bridgehead atoms. The third kappa shape index (κ3) is 4.97. The van der Waals surface area contributed by atoms with E-state index < -0.39 is 5.97 Å². The van der Waals surface area contributed by atoms with Gasteiger partial charge in [-0.2, -0.15) is 0 Å². The molecule has 0 atom stereocenters. The van der Waals surface area contributed by atoms with E-state index in [2.05, 4.69) is 15.5 Å². The zero-order valence-electron chi connectivity index (χ0n) is 11.5. The molecule has 1 aromatic heterocycles. The SMILES string of the molecule is O=C(O)Cn1nnnc1SCCCC(=O)N1CCOCC1. The molecule has 0 radical (unpaired) electrons. The highest BCUT2D eigenvalue weighted by molar-refractivity contribution is 7.99. The number of hydrogen-bond acceptors (Lipinski definition) is 7. The monoisotopic (exact) mass is 315 g/mol. The molecule has 1 aliphatic rings. The molecule has 9 nitrogen and oxygen atoms in total. The molecule has 1 N–H and O–H groups in total. The molecule has 1 amide bonds. The number of carboxylic acids is 1. The van der Waals surface area contributed by atoms with Crippen LogP contribution in [0.5, 0.6) is 0 Å². The van der Waals surface area contributed by atoms with Crippen molar-refractivity contribution in [2.75, 3.05) is 32.1 Å². The van der Waals surface area contributed by atoms with Crippen LogP contribution in [0.4, 0.5) is 0 Å². The van der Waals surface area contributed by atoms with Crippen LogP contribution in [-0.4, -0.2) is 74.1 Å². The fourth-order valence-corrected chi connectivity index (χ4v) is 2.70. The highest BCUT2D eigenvalue weighted by Crippen LogP contribution is 2.16. The van der Waals surface area contributed by atoms with Crippen molar-refractivity contribution >= 4 is 23.6 Å². The van der Waals surface area contributed by atoms with Gasteiger partial charge in [0.1, 0.15) is 6.54 Å². The Morgan fingerprint density at radius 1 is 1.33 bits per heavy atom. The highest BCUT2D eigenvalue weighted by Gasteiger charge is 2.16. The molecule has 0 spiro atoms. The summed E-state index contributed by atoms with van der Waals surface area (Å²) in [5, 5.41) is 20.0. The molecule has 116 valence electrons. The van der Waals surface area contributed by atoms with Crippen LogP contribution in [0.3, 0.4) is 0 Å². The minimum atomic E-state index is -0.994. The topological polar surface area (TPSA) is 110 Å². The molecule has 0 unspecified atom stereocenters. The molecule has 0 saturated carbocycles. The number of tetrazole rings is 1. The molecule has 1 fully saturated rings. The van der Waals surface area contributed by atoms with Crippen LogP contribution in [0.25, 0.3) is 0 Å². The number of carboxylic acid groups (broad SMARTS) is 1. The maximum absolute atomic E-state index is 11.9. The summed E-state index contributed by atoms with van der Waals surface area (Å²) in [6.07, 6.45) is 1.16. The summed E-state index contributed by atoms with van der Waals surface area (Å²) in [7, 11) is 0. The molecule has 2 rings (SSSR count). The number of hydrogen-bond donors (Lipinski definition) is 1. The van der Waals surface area contributed by atoms with Crippen LogP contribution in [0.15, 0.2) is 5.16 Å². The van der Waals surface area contributed by atoms with Gasteiger partial charge in [-0.25, -0.2) is 4.68 Å². The Morgan fingerprint density at radius 2 is 2.10 bits per heavy atom. The van der Waals surface area contributed by atoms with Crippen molar-refractivity contribution in [3.05, 3.63) is 0 Å². The van der Waals surface area contributed by atoms with E-state index in [0.717, 1.165) is 0 Å². The molecular weight excluding hydrogens is 298 g/mol. The number of aromatic nitrogens is 4. The van der Waals surface area contributed by atoms with E-state index in [-0.39, 0.29) is 12.5 Å². The maximum atomic E-state index is 11.9. The molecule has 10 heteroatoms. The van der Waals surface area contributed by atoms with Gasteiger partial charge in [-0.3, -0.25) is 9.59 Å². The van der Waals surface area contributed by atoms with Gasteiger partial charge in [0.15, 0.2) is 0 Å². The number of ether oxygens (including phenoxy) is 1. The second-order valence-electron chi connectivity index (χ2n) is 4.46. The van der Waals surface area contributed by atoms with Gasteiger partial charge in [0.25, 0.3) is 0 Å². The highest BCUT2D eigenvalue weighted by atomic mass is 32.2. The van der Waals surface area contributed by atoms with Gasteiger partial charge in [0.2, 0.25) is 11.1 Å². The van der Waals surface area contributed by atoms with E-state index in [1.54, 1.807) is 0 Å². The van der Waals surface area contributed by atoms with E-state index >= 15 is 0 Å². The minimum Gasteiger partial charge on any atom is -0.480 e. The smallest absolute Gasteiger partial charge is 0.325 e. The lowest BCUT2D eigenvalue weighted by Gasteiger charge is -2.26. The number of rotatable bonds is 7. The first-order valence-electron chi connectivity index (χ1n) is 6.63. The van der Waals surface area contributed by atoms with E-state index in [4.69, 9.17) is 9.84 Å². The van der Waals surface area contributed by atoms with Crippen LogP contribution < -0.4 is 0 Å². The second-order valence-corrected chi connectivity index (χ2v) is 5.52. The van der Waals surface area contributed by atoms with Crippen molar-refractivity contribution in [1.29, 1.82) is 0 Å². The Morgan fingerprint density at radius 3 is 2.81 bits per heavy atom. The largest absolute Gasteiger partial charge is 0.480 e. The molecule has 0 aromatic carbocycles. The number of amides is 1. The van der Waals surface area contributed by atoms with Crippen molar-refractivity contribution in [3.63, 3.8) is 0 Å². The van der Waals surface area contributed by atoms with Crippen molar-refractivity contribution in [1.82, 2.24) is 25.1 Å². The van der Waals surface area contributed by atoms with Crippen LogP contribution in [0.1, 0.15) is 12.8 Å². The lowest BCUT2D eigenvalue weighted by molar-refractivity contribution is -0.138. The van der Waals surface area contributed by atoms with Gasteiger partial charge in [-0.1, -0.05) is 11.8 Å². The summed E-state index contributed by atoms with van der Waals surface area (Å²) in [4.78, 5) is 24.3. The lowest BCUT2D eigenvalue weighted by Crippen LogP contribution is -2.40. The van der Waals surface area contributed by atoms with Crippen LogP contribution >= 0.6 is 11.8 Å². The van der Waals surface area contributed by atoms with E-state index in [1.165, 1.54) is 16.4 Å². The number of aliphatic carboxylic acids is 1. The summed E-state index contributed by atoms with van der Waals surface area (Å²) < 4.78 is 6.43. The fraction of sp³-hybridized carbons (Fsp3) is 0.727. The third-order valence-corrected chi connectivity index (χ3v) is 3.96. The van der Waals surface area contributed by atoms with Crippen LogP contribution in [-0.2, 0) is 20.9 Å². The maximum Gasteiger partial charge on any atom is 0.325 e. The van der Waals surface area contributed by atoms with Gasteiger partial charge in [0.05, 0.1) is 13.2 Å². The molecule has 2 heterocycles. The Kier molecular flexibility index (Phi) is 5.93. The standard InChI is InChI=1S/C11H17N5O4S/c17-9(15-3-5-20-6-4-15)2-1-7-21-11-12-13-14-16(11)8-10(18)19/h1-8H2,(H,18,19). The summed E-state index contributed by atoms with van der Waals surface area (Å²) in [6.45, 7) is 2.25. The summed E-state index contributed by atoms with van der Waals surface area (Å²) in [5.41, 5.74) is 0. The molecule has 1 aromatic rings. The van der Waals surface area contributed by atoms with Crippen LogP contribution in [0, 0.1) is 0 Å². The Balaban J connectivity index is 1.68. The zero-order valence-corrected chi connectivity index (χ0v) is 12.3. The van der Waals surface area contributed by atoms with Crippen molar-refractivity contribution < 1.29 is 19.4 Å². The van der Waals surface area contributed by atoms with Gasteiger partial charge in [0, 0.05) is 25.3 Å². The molecule has 0 aliphatic carbocycles. The van der Waals surface area contributed by atoms with E-state index in [1.807, 2.05) is 4.90 Å². The summed E-state index contributed by atoms with van der Waals surface area (Å²) in [5.74, 6) is -0.202. The van der Waals surface area contributed by atoms with Crippen molar-refractivity contribution in [2.45, 2.75) is 24.5 Å². The minimum absolute atomic E-state index is 0.129. The zero-order chi connectivity index (χ0) is 15.1. The second kappa shape index (κ2) is 7.93. The normalized spacial score (nSPS) is 15.1. The lowest BCUT2D eigenvalue weighted by atomic mass is 10.3. The van der Waals surface area contributed by atoms with E-state index in [0.29, 0.717) is 50.1 Å². The number of nitrogens with zero attached hydrogens (tertiary/aromatic N) is 5.